The van der Waals surface area contributed by atoms with Crippen LogP contribution in [0, 0.1) is 0 Å². The van der Waals surface area contributed by atoms with Gasteiger partial charge in [-0.05, 0) is 24.6 Å². The minimum absolute atomic E-state index is 0.0278. The third kappa shape index (κ3) is 2.05. The maximum atomic E-state index is 6.07. The number of nitrogens with two attached hydrogens (primary N) is 1. The molecule has 0 saturated carbocycles. The molecule has 1 aliphatic rings. The summed E-state index contributed by atoms with van der Waals surface area (Å²) in [4.78, 5) is 0. The van der Waals surface area contributed by atoms with Crippen molar-refractivity contribution < 1.29 is 0 Å². The van der Waals surface area contributed by atoms with Crippen LogP contribution in [0.25, 0.3) is 0 Å². The van der Waals surface area contributed by atoms with E-state index >= 15 is 0 Å². The molecule has 12 heavy (non-hydrogen) atoms. The van der Waals surface area contributed by atoms with Gasteiger partial charge in [-0.25, -0.2) is 0 Å². The van der Waals surface area contributed by atoms with Crippen LogP contribution in [0.1, 0.15) is 12.8 Å². The molecular formula is C9H13ClN2. The van der Waals surface area contributed by atoms with E-state index in [9.17, 15) is 0 Å². The second-order valence-corrected chi connectivity index (χ2v) is 3.21. The molecule has 2 nitrogen and oxygen atoms in total. The molecule has 1 heterocycles. The summed E-state index contributed by atoms with van der Waals surface area (Å²) in [5, 5.41) is 2.90. The number of hydrogen-bond acceptors (Lipinski definition) is 2. The van der Waals surface area contributed by atoms with Gasteiger partial charge in [-0.1, -0.05) is 12.2 Å². The zero-order valence-electron chi connectivity index (χ0n) is 6.89. The smallest absolute Gasteiger partial charge is 0.101 e. The van der Waals surface area contributed by atoms with Crippen LogP contribution >= 0.6 is 11.6 Å². The van der Waals surface area contributed by atoms with Gasteiger partial charge < -0.3 is 11.1 Å². The normalized spacial score (nSPS) is 18.8. The van der Waals surface area contributed by atoms with Crippen molar-refractivity contribution in [3.05, 3.63) is 36.3 Å². The Hall–Kier alpha value is -0.890. The molecule has 3 N–H and O–H groups in total. The first-order chi connectivity index (χ1) is 5.75. The van der Waals surface area contributed by atoms with E-state index in [1.54, 1.807) is 6.08 Å². The third-order valence-electron chi connectivity index (χ3n) is 1.79. The molecule has 1 unspecified atom stereocenters. The fraction of sp³-hybridized carbons (Fsp3) is 0.333. The topological polar surface area (TPSA) is 38.0 Å². The van der Waals surface area contributed by atoms with Crippen LogP contribution in [-0.4, -0.2) is 5.38 Å². The van der Waals surface area contributed by atoms with E-state index in [2.05, 4.69) is 11.9 Å². The molecule has 0 bridgehead atoms. The molecule has 3 heteroatoms. The number of nitrogens with one attached hydrogen (secondary N) is 1. The van der Waals surface area contributed by atoms with Gasteiger partial charge in [0.1, 0.15) is 5.82 Å². The first-order valence-corrected chi connectivity index (χ1v) is 4.34. The second-order valence-electron chi connectivity index (χ2n) is 2.68. The first kappa shape index (κ1) is 9.20. The Bertz CT molecular complexity index is 231. The highest BCUT2D eigenvalue weighted by molar-refractivity contribution is 6.22. The number of rotatable bonds is 3. The highest BCUT2D eigenvalue weighted by Gasteiger charge is 2.13. The summed E-state index contributed by atoms with van der Waals surface area (Å²) >= 11 is 6.07. The molecule has 1 aliphatic heterocycles. The molecule has 0 radical (unpaired) electrons. The molecule has 0 spiro atoms. The zero-order chi connectivity index (χ0) is 8.97. The van der Waals surface area contributed by atoms with Gasteiger partial charge in [-0.2, -0.15) is 0 Å². The van der Waals surface area contributed by atoms with E-state index < -0.39 is 0 Å². The molecule has 0 aromatic rings. The average molecular weight is 185 g/mol. The highest BCUT2D eigenvalue weighted by atomic mass is 35.5. The summed E-state index contributed by atoms with van der Waals surface area (Å²) in [5.41, 5.74) is 6.76. The van der Waals surface area contributed by atoms with Crippen molar-refractivity contribution in [1.29, 1.82) is 0 Å². The van der Waals surface area contributed by atoms with Gasteiger partial charge in [0.15, 0.2) is 0 Å². The van der Waals surface area contributed by atoms with Gasteiger partial charge in [0.05, 0.1) is 5.38 Å². The first-order valence-electron chi connectivity index (χ1n) is 3.90. The summed E-state index contributed by atoms with van der Waals surface area (Å²) in [7, 11) is 0. The minimum atomic E-state index is -0.0278. The van der Waals surface area contributed by atoms with Crippen LogP contribution in [0.15, 0.2) is 36.3 Å². The van der Waals surface area contributed by atoms with E-state index in [4.69, 9.17) is 17.3 Å². The molecule has 1 rings (SSSR count). The monoisotopic (exact) mass is 184 g/mol. The lowest BCUT2D eigenvalue weighted by Gasteiger charge is -2.17. The minimum Gasteiger partial charge on any atom is -0.385 e. The van der Waals surface area contributed by atoms with E-state index in [0.29, 0.717) is 5.82 Å². The molecule has 0 fully saturated rings. The number of dihydropyridines is 1. The Morgan fingerprint density at radius 3 is 3.17 bits per heavy atom. The van der Waals surface area contributed by atoms with Crippen LogP contribution in [0.5, 0.6) is 0 Å². The van der Waals surface area contributed by atoms with Crippen LogP contribution in [0.4, 0.5) is 0 Å². The fourth-order valence-electron chi connectivity index (χ4n) is 1.12. The van der Waals surface area contributed by atoms with E-state index in [0.717, 1.165) is 18.4 Å². The second kappa shape index (κ2) is 4.21. The van der Waals surface area contributed by atoms with Gasteiger partial charge in [0, 0.05) is 0 Å². The van der Waals surface area contributed by atoms with Crippen molar-refractivity contribution in [1.82, 2.24) is 5.32 Å². The highest BCUT2D eigenvalue weighted by Crippen LogP contribution is 2.21. The summed E-state index contributed by atoms with van der Waals surface area (Å²) in [6, 6.07) is 0. The van der Waals surface area contributed by atoms with Crippen LogP contribution in [-0.2, 0) is 0 Å². The standard InChI is InChI=1S/C9H13ClN2/c1-2-4-8(10)7-5-3-6-12-9(7)11/h2-3,6,8,12H,1,4-5,11H2. The van der Waals surface area contributed by atoms with Crippen LogP contribution in [0.3, 0.4) is 0 Å². The Morgan fingerprint density at radius 1 is 1.83 bits per heavy atom. The lowest BCUT2D eigenvalue weighted by molar-refractivity contribution is 0.847. The van der Waals surface area contributed by atoms with E-state index in [1.165, 1.54) is 0 Å². The Labute approximate surface area is 77.8 Å². The van der Waals surface area contributed by atoms with Crippen molar-refractivity contribution in [2.75, 3.05) is 0 Å². The van der Waals surface area contributed by atoms with Gasteiger partial charge in [-0.15, -0.1) is 18.2 Å². The molecule has 0 amide bonds. The summed E-state index contributed by atoms with van der Waals surface area (Å²) in [6.45, 7) is 3.63. The van der Waals surface area contributed by atoms with E-state index in [1.807, 2.05) is 12.3 Å². The summed E-state index contributed by atoms with van der Waals surface area (Å²) in [5.74, 6) is 0.680. The SMILES string of the molecule is C=CCC(Cl)C1=C(N)NC=CC1. The Morgan fingerprint density at radius 2 is 2.58 bits per heavy atom. The molecule has 0 aliphatic carbocycles. The summed E-state index contributed by atoms with van der Waals surface area (Å²) < 4.78 is 0. The van der Waals surface area contributed by atoms with Crippen molar-refractivity contribution in [3.63, 3.8) is 0 Å². The Kier molecular flexibility index (Phi) is 3.23. The zero-order valence-corrected chi connectivity index (χ0v) is 7.64. The van der Waals surface area contributed by atoms with Crippen molar-refractivity contribution in [2.24, 2.45) is 5.73 Å². The largest absolute Gasteiger partial charge is 0.385 e. The molecule has 1 atom stereocenters. The molecule has 0 aromatic heterocycles. The predicted octanol–water partition coefficient (Wildman–Crippen LogP) is 1.85. The van der Waals surface area contributed by atoms with Crippen LogP contribution in [0.2, 0.25) is 0 Å². The molecule has 66 valence electrons. The third-order valence-corrected chi connectivity index (χ3v) is 2.23. The quantitative estimate of drug-likeness (QED) is 0.519. The molecule has 0 saturated heterocycles. The Balaban J connectivity index is 2.65. The lowest BCUT2D eigenvalue weighted by atomic mass is 10.0. The number of alkyl halides is 1. The number of hydrogen-bond donors (Lipinski definition) is 2. The maximum absolute atomic E-state index is 6.07. The van der Waals surface area contributed by atoms with Gasteiger partial charge in [-0.3, -0.25) is 0 Å². The van der Waals surface area contributed by atoms with E-state index in [-0.39, 0.29) is 5.38 Å². The average Bonchev–Trinajstić information content (AvgIpc) is 2.05. The van der Waals surface area contributed by atoms with Gasteiger partial charge in [0.2, 0.25) is 0 Å². The molecular weight excluding hydrogens is 172 g/mol. The van der Waals surface area contributed by atoms with Gasteiger partial charge in [0.25, 0.3) is 0 Å². The molecule has 0 aromatic carbocycles. The maximum Gasteiger partial charge on any atom is 0.101 e. The lowest BCUT2D eigenvalue weighted by Crippen LogP contribution is -2.23. The predicted molar refractivity (Wildman–Crippen MR) is 52.6 cm³/mol. The van der Waals surface area contributed by atoms with Crippen molar-refractivity contribution in [2.45, 2.75) is 18.2 Å². The number of allylic oxidation sites excluding steroid dienone is 3. The van der Waals surface area contributed by atoms with Crippen LogP contribution < -0.4 is 11.1 Å². The van der Waals surface area contributed by atoms with Crippen molar-refractivity contribution >= 4 is 11.6 Å². The van der Waals surface area contributed by atoms with Crippen molar-refractivity contribution in [3.8, 4) is 0 Å². The fourth-order valence-corrected chi connectivity index (χ4v) is 1.46. The summed E-state index contributed by atoms with van der Waals surface area (Å²) in [6.07, 6.45) is 7.23. The number of halogens is 1. The van der Waals surface area contributed by atoms with Gasteiger partial charge >= 0.3 is 0 Å².